The van der Waals surface area contributed by atoms with Gasteiger partial charge in [0.1, 0.15) is 0 Å². The molecule has 0 fully saturated rings. The number of nitrogen functional groups attached to an aromatic ring is 1. The molecular weight excluding hydrogens is 226 g/mol. The highest BCUT2D eigenvalue weighted by atomic mass is 32.2. The van der Waals surface area contributed by atoms with Crippen LogP contribution < -0.4 is 5.73 Å². The minimum absolute atomic E-state index is 0.240. The Kier molecular flexibility index (Phi) is 4.20. The van der Waals surface area contributed by atoms with E-state index in [2.05, 4.69) is 4.74 Å². The van der Waals surface area contributed by atoms with Gasteiger partial charge in [0.05, 0.1) is 7.11 Å². The van der Waals surface area contributed by atoms with Gasteiger partial charge in [0, 0.05) is 16.3 Å². The second-order valence-corrected chi connectivity index (χ2v) is 4.67. The van der Waals surface area contributed by atoms with Gasteiger partial charge in [-0.05, 0) is 31.2 Å². The first kappa shape index (κ1) is 12.9. The van der Waals surface area contributed by atoms with E-state index in [-0.39, 0.29) is 5.75 Å². The third kappa shape index (κ3) is 3.43. The van der Waals surface area contributed by atoms with Crippen molar-refractivity contribution in [1.82, 2.24) is 0 Å². The summed E-state index contributed by atoms with van der Waals surface area (Å²) < 4.78 is 4.50. The van der Waals surface area contributed by atoms with E-state index in [0.717, 1.165) is 4.90 Å². The Bertz CT molecular complexity index is 362. The number of aliphatic hydroxyl groups is 1. The number of benzene rings is 1. The van der Waals surface area contributed by atoms with Crippen molar-refractivity contribution in [2.75, 3.05) is 18.6 Å². The standard InChI is InChI=1S/C11H15NO3S/c1-11(14,10(13)15-2)7-16-9-5-3-8(12)4-6-9/h3-6,14H,7,12H2,1-2H3. The second-order valence-electron chi connectivity index (χ2n) is 3.62. The van der Waals surface area contributed by atoms with Gasteiger partial charge in [-0.2, -0.15) is 0 Å². The van der Waals surface area contributed by atoms with E-state index in [0.29, 0.717) is 5.69 Å². The number of thioether (sulfide) groups is 1. The van der Waals surface area contributed by atoms with Crippen molar-refractivity contribution < 1.29 is 14.6 Å². The van der Waals surface area contributed by atoms with Crippen molar-refractivity contribution in [2.45, 2.75) is 17.4 Å². The zero-order chi connectivity index (χ0) is 12.2. The molecule has 0 aliphatic heterocycles. The number of rotatable bonds is 4. The molecule has 0 aliphatic rings. The largest absolute Gasteiger partial charge is 0.467 e. The zero-order valence-electron chi connectivity index (χ0n) is 9.27. The number of hydrogen-bond donors (Lipinski definition) is 2. The maximum Gasteiger partial charge on any atom is 0.338 e. The van der Waals surface area contributed by atoms with Gasteiger partial charge in [0.2, 0.25) is 0 Å². The molecule has 0 spiro atoms. The van der Waals surface area contributed by atoms with Crippen LogP contribution in [0, 0.1) is 0 Å². The highest BCUT2D eigenvalue weighted by Gasteiger charge is 2.31. The summed E-state index contributed by atoms with van der Waals surface area (Å²) in [5.74, 6) is -0.390. The monoisotopic (exact) mass is 241 g/mol. The van der Waals surface area contributed by atoms with Crippen LogP contribution in [0.15, 0.2) is 29.2 Å². The van der Waals surface area contributed by atoms with E-state index >= 15 is 0 Å². The van der Waals surface area contributed by atoms with E-state index in [1.165, 1.54) is 25.8 Å². The maximum absolute atomic E-state index is 11.2. The van der Waals surface area contributed by atoms with Crippen molar-refractivity contribution in [3.8, 4) is 0 Å². The first-order chi connectivity index (χ1) is 7.45. The molecule has 88 valence electrons. The molecule has 1 atom stereocenters. The van der Waals surface area contributed by atoms with Crippen LogP contribution in [-0.2, 0) is 9.53 Å². The Morgan fingerprint density at radius 2 is 2.06 bits per heavy atom. The molecule has 4 nitrogen and oxygen atoms in total. The minimum atomic E-state index is -1.47. The van der Waals surface area contributed by atoms with Crippen LogP contribution in [0.2, 0.25) is 0 Å². The normalized spacial score (nSPS) is 14.2. The van der Waals surface area contributed by atoms with E-state index < -0.39 is 11.6 Å². The number of carbonyl (C=O) groups is 1. The van der Waals surface area contributed by atoms with Crippen molar-refractivity contribution in [3.63, 3.8) is 0 Å². The molecule has 5 heteroatoms. The fourth-order valence-corrected chi connectivity index (χ4v) is 1.96. The average Bonchev–Trinajstić information content (AvgIpc) is 2.27. The van der Waals surface area contributed by atoms with Gasteiger partial charge in [-0.25, -0.2) is 4.79 Å². The number of hydrogen-bond acceptors (Lipinski definition) is 5. The Morgan fingerprint density at radius 1 is 1.50 bits per heavy atom. The summed E-state index contributed by atoms with van der Waals surface area (Å²) in [5.41, 5.74) is 4.76. The Hall–Kier alpha value is -1.20. The molecule has 1 aromatic carbocycles. The highest BCUT2D eigenvalue weighted by Crippen LogP contribution is 2.24. The summed E-state index contributed by atoms with van der Waals surface area (Å²) in [6, 6.07) is 7.23. The summed E-state index contributed by atoms with van der Waals surface area (Å²) in [7, 11) is 1.25. The molecule has 0 amide bonds. The van der Waals surface area contributed by atoms with Gasteiger partial charge in [-0.15, -0.1) is 11.8 Å². The van der Waals surface area contributed by atoms with E-state index in [4.69, 9.17) is 5.73 Å². The Labute approximate surface area is 98.8 Å². The van der Waals surface area contributed by atoms with Gasteiger partial charge >= 0.3 is 5.97 Å². The number of carbonyl (C=O) groups excluding carboxylic acids is 1. The molecule has 1 unspecified atom stereocenters. The number of esters is 1. The molecule has 0 radical (unpaired) electrons. The number of methoxy groups -OCH3 is 1. The minimum Gasteiger partial charge on any atom is -0.467 e. The zero-order valence-corrected chi connectivity index (χ0v) is 10.1. The first-order valence-electron chi connectivity index (χ1n) is 4.75. The van der Waals surface area contributed by atoms with E-state index in [1.54, 1.807) is 12.1 Å². The van der Waals surface area contributed by atoms with Crippen molar-refractivity contribution >= 4 is 23.4 Å². The smallest absolute Gasteiger partial charge is 0.338 e. The molecule has 1 rings (SSSR count). The lowest BCUT2D eigenvalue weighted by atomic mass is 10.1. The summed E-state index contributed by atoms with van der Waals surface area (Å²) in [6.07, 6.45) is 0. The van der Waals surface area contributed by atoms with Gasteiger partial charge in [0.15, 0.2) is 5.60 Å². The summed E-state index contributed by atoms with van der Waals surface area (Å²) in [4.78, 5) is 12.1. The summed E-state index contributed by atoms with van der Waals surface area (Å²) in [5, 5.41) is 9.78. The molecule has 0 saturated carbocycles. The van der Waals surface area contributed by atoms with Crippen molar-refractivity contribution in [3.05, 3.63) is 24.3 Å². The molecule has 0 aliphatic carbocycles. The molecule has 0 heterocycles. The molecule has 0 saturated heterocycles. The topological polar surface area (TPSA) is 72.5 Å². The average molecular weight is 241 g/mol. The molecule has 1 aromatic rings. The summed E-state index contributed by atoms with van der Waals surface area (Å²) in [6.45, 7) is 1.43. The highest BCUT2D eigenvalue weighted by molar-refractivity contribution is 7.99. The van der Waals surface area contributed by atoms with Crippen LogP contribution in [0.3, 0.4) is 0 Å². The van der Waals surface area contributed by atoms with E-state index in [9.17, 15) is 9.90 Å². The van der Waals surface area contributed by atoms with Gasteiger partial charge < -0.3 is 15.6 Å². The lowest BCUT2D eigenvalue weighted by Crippen LogP contribution is -2.38. The van der Waals surface area contributed by atoms with Crippen LogP contribution in [0.1, 0.15) is 6.92 Å². The lowest BCUT2D eigenvalue weighted by molar-refractivity contribution is -0.158. The van der Waals surface area contributed by atoms with Crippen LogP contribution >= 0.6 is 11.8 Å². The van der Waals surface area contributed by atoms with Gasteiger partial charge in [0.25, 0.3) is 0 Å². The predicted octanol–water partition coefficient (Wildman–Crippen LogP) is 1.28. The molecule has 16 heavy (non-hydrogen) atoms. The van der Waals surface area contributed by atoms with Crippen molar-refractivity contribution in [2.24, 2.45) is 0 Å². The summed E-state index contributed by atoms with van der Waals surface area (Å²) >= 11 is 1.37. The molecular formula is C11H15NO3S. The number of anilines is 1. The fraction of sp³-hybridized carbons (Fsp3) is 0.364. The molecule has 0 bridgehead atoms. The van der Waals surface area contributed by atoms with Gasteiger partial charge in [-0.1, -0.05) is 0 Å². The van der Waals surface area contributed by atoms with Gasteiger partial charge in [-0.3, -0.25) is 0 Å². The first-order valence-corrected chi connectivity index (χ1v) is 5.73. The Balaban J connectivity index is 2.57. The maximum atomic E-state index is 11.2. The van der Waals surface area contributed by atoms with E-state index in [1.807, 2.05) is 12.1 Å². The van der Waals surface area contributed by atoms with Crippen LogP contribution in [0.25, 0.3) is 0 Å². The number of ether oxygens (including phenoxy) is 1. The number of nitrogens with two attached hydrogens (primary N) is 1. The molecule has 0 aromatic heterocycles. The van der Waals surface area contributed by atoms with Crippen molar-refractivity contribution in [1.29, 1.82) is 0 Å². The molecule has 3 N–H and O–H groups in total. The predicted molar refractivity (Wildman–Crippen MR) is 64.2 cm³/mol. The third-order valence-electron chi connectivity index (χ3n) is 2.03. The fourth-order valence-electron chi connectivity index (χ4n) is 1.07. The van der Waals surface area contributed by atoms with Crippen LogP contribution in [0.4, 0.5) is 5.69 Å². The third-order valence-corrected chi connectivity index (χ3v) is 3.34. The Morgan fingerprint density at radius 3 is 2.56 bits per heavy atom. The van der Waals surface area contributed by atoms with Crippen LogP contribution in [-0.4, -0.2) is 29.5 Å². The SMILES string of the molecule is COC(=O)C(C)(O)CSc1ccc(N)cc1. The second kappa shape index (κ2) is 5.23. The quantitative estimate of drug-likeness (QED) is 0.472. The lowest BCUT2D eigenvalue weighted by Gasteiger charge is -2.19. The van der Waals surface area contributed by atoms with Crippen LogP contribution in [0.5, 0.6) is 0 Å².